The molecule has 0 bridgehead atoms. The lowest BCUT2D eigenvalue weighted by Crippen LogP contribution is -2.47. The highest BCUT2D eigenvalue weighted by Crippen LogP contribution is 2.26. The lowest BCUT2D eigenvalue weighted by Gasteiger charge is -2.39. The Bertz CT molecular complexity index is 713. The standard InChI is InChI=1S/C17H18FN5/c1-22(17-20-7-3-8-21-17)15-4-2-9-23(12-15)16-6-5-14(18)10-13(16)11-19/h3,5-8,10,15H,2,4,9,12H2,1H3. The number of aromatic nitrogens is 2. The van der Waals surface area contributed by atoms with Crippen LogP contribution in [0.3, 0.4) is 0 Å². The van der Waals surface area contributed by atoms with Crippen molar-refractivity contribution in [2.75, 3.05) is 29.9 Å². The van der Waals surface area contributed by atoms with Crippen LogP contribution >= 0.6 is 0 Å². The molecule has 1 fully saturated rings. The summed E-state index contributed by atoms with van der Waals surface area (Å²) in [5.41, 5.74) is 1.17. The van der Waals surface area contributed by atoms with Crippen LogP contribution < -0.4 is 9.80 Å². The SMILES string of the molecule is CN(c1ncccn1)C1CCCN(c2ccc(F)cc2C#N)C1. The fourth-order valence-electron chi connectivity index (χ4n) is 3.00. The van der Waals surface area contributed by atoms with Crippen molar-refractivity contribution in [3.05, 3.63) is 48.0 Å². The van der Waals surface area contributed by atoms with Gasteiger partial charge in [-0.05, 0) is 37.1 Å². The van der Waals surface area contributed by atoms with Crippen LogP contribution in [-0.4, -0.2) is 36.1 Å². The summed E-state index contributed by atoms with van der Waals surface area (Å²) in [7, 11) is 1.99. The molecule has 1 aromatic carbocycles. The number of anilines is 2. The van der Waals surface area contributed by atoms with Crippen molar-refractivity contribution in [2.45, 2.75) is 18.9 Å². The summed E-state index contributed by atoms with van der Waals surface area (Å²) in [5.74, 6) is 0.313. The summed E-state index contributed by atoms with van der Waals surface area (Å²) in [4.78, 5) is 12.8. The Morgan fingerprint density at radius 3 is 2.87 bits per heavy atom. The molecule has 1 atom stereocenters. The van der Waals surface area contributed by atoms with Crippen LogP contribution in [0.1, 0.15) is 18.4 Å². The zero-order chi connectivity index (χ0) is 16.2. The van der Waals surface area contributed by atoms with Gasteiger partial charge in [-0.1, -0.05) is 0 Å². The summed E-state index contributed by atoms with van der Waals surface area (Å²) in [5, 5.41) is 9.25. The Balaban J connectivity index is 1.80. The summed E-state index contributed by atoms with van der Waals surface area (Å²) >= 11 is 0. The van der Waals surface area contributed by atoms with Gasteiger partial charge < -0.3 is 9.80 Å². The Hall–Kier alpha value is -2.68. The Kier molecular flexibility index (Phi) is 4.38. The Morgan fingerprint density at radius 2 is 2.13 bits per heavy atom. The van der Waals surface area contributed by atoms with Gasteiger partial charge in [-0.15, -0.1) is 0 Å². The van der Waals surface area contributed by atoms with E-state index in [-0.39, 0.29) is 11.9 Å². The summed E-state index contributed by atoms with van der Waals surface area (Å²) in [6.07, 6.45) is 5.50. The van der Waals surface area contributed by atoms with Crippen LogP contribution in [0.2, 0.25) is 0 Å². The van der Waals surface area contributed by atoms with E-state index < -0.39 is 0 Å². The van der Waals surface area contributed by atoms with Crippen LogP contribution in [0.5, 0.6) is 0 Å². The molecule has 0 radical (unpaired) electrons. The van der Waals surface area contributed by atoms with Crippen molar-refractivity contribution in [2.24, 2.45) is 0 Å². The Labute approximate surface area is 135 Å². The molecule has 2 aromatic rings. The first-order valence-corrected chi connectivity index (χ1v) is 7.63. The van der Waals surface area contributed by atoms with Crippen LogP contribution in [0.25, 0.3) is 0 Å². The molecule has 5 nitrogen and oxygen atoms in total. The third-order valence-corrected chi connectivity index (χ3v) is 4.23. The zero-order valence-corrected chi connectivity index (χ0v) is 13.0. The maximum absolute atomic E-state index is 13.3. The number of nitrogens with zero attached hydrogens (tertiary/aromatic N) is 5. The molecule has 1 unspecified atom stereocenters. The number of halogens is 1. The van der Waals surface area contributed by atoms with E-state index >= 15 is 0 Å². The minimum Gasteiger partial charge on any atom is -0.368 e. The van der Waals surface area contributed by atoms with Gasteiger partial charge in [-0.25, -0.2) is 14.4 Å². The second-order valence-corrected chi connectivity index (χ2v) is 5.68. The van der Waals surface area contributed by atoms with Crippen LogP contribution in [-0.2, 0) is 0 Å². The molecule has 6 heteroatoms. The molecule has 0 aliphatic carbocycles. The van der Waals surface area contributed by atoms with Gasteiger partial charge in [0.05, 0.1) is 11.3 Å². The minimum atomic E-state index is -0.381. The third-order valence-electron chi connectivity index (χ3n) is 4.23. The average molecular weight is 311 g/mol. The molecule has 0 saturated carbocycles. The number of rotatable bonds is 3. The molecule has 23 heavy (non-hydrogen) atoms. The molecule has 2 heterocycles. The number of piperidine rings is 1. The van der Waals surface area contributed by atoms with E-state index in [9.17, 15) is 9.65 Å². The molecule has 0 amide bonds. The first-order valence-electron chi connectivity index (χ1n) is 7.63. The molecule has 118 valence electrons. The van der Waals surface area contributed by atoms with Crippen LogP contribution in [0.4, 0.5) is 16.0 Å². The topological polar surface area (TPSA) is 56.1 Å². The molecular weight excluding hydrogens is 293 g/mol. The smallest absolute Gasteiger partial charge is 0.225 e. The van der Waals surface area contributed by atoms with Crippen molar-refractivity contribution in [3.63, 3.8) is 0 Å². The number of nitriles is 1. The van der Waals surface area contributed by atoms with Crippen LogP contribution in [0.15, 0.2) is 36.7 Å². The van der Waals surface area contributed by atoms with E-state index in [0.29, 0.717) is 11.5 Å². The van der Waals surface area contributed by atoms with E-state index in [1.54, 1.807) is 24.5 Å². The van der Waals surface area contributed by atoms with E-state index in [1.807, 2.05) is 7.05 Å². The van der Waals surface area contributed by atoms with Crippen molar-refractivity contribution in [1.82, 2.24) is 9.97 Å². The van der Waals surface area contributed by atoms with Gasteiger partial charge in [0.1, 0.15) is 11.9 Å². The maximum atomic E-state index is 13.3. The van der Waals surface area contributed by atoms with E-state index in [4.69, 9.17) is 0 Å². The van der Waals surface area contributed by atoms with E-state index in [1.165, 1.54) is 12.1 Å². The van der Waals surface area contributed by atoms with Gasteiger partial charge in [0, 0.05) is 38.6 Å². The highest BCUT2D eigenvalue weighted by atomic mass is 19.1. The quantitative estimate of drug-likeness (QED) is 0.872. The lowest BCUT2D eigenvalue weighted by molar-refractivity contribution is 0.483. The van der Waals surface area contributed by atoms with Gasteiger partial charge in [0.2, 0.25) is 5.95 Å². The molecule has 3 rings (SSSR count). The summed E-state index contributed by atoms with van der Waals surface area (Å²) in [6.45, 7) is 1.62. The molecule has 0 N–H and O–H groups in total. The van der Waals surface area contributed by atoms with Crippen molar-refractivity contribution in [3.8, 4) is 6.07 Å². The van der Waals surface area contributed by atoms with E-state index in [2.05, 4.69) is 25.8 Å². The molecular formula is C17H18FN5. The fraction of sp³-hybridized carbons (Fsp3) is 0.353. The van der Waals surface area contributed by atoms with Crippen molar-refractivity contribution < 1.29 is 4.39 Å². The van der Waals surface area contributed by atoms with Gasteiger partial charge in [-0.2, -0.15) is 5.26 Å². The second kappa shape index (κ2) is 6.61. The number of hydrogen-bond acceptors (Lipinski definition) is 5. The Morgan fingerprint density at radius 1 is 1.35 bits per heavy atom. The van der Waals surface area contributed by atoms with Crippen LogP contribution in [0, 0.1) is 17.1 Å². The predicted octanol–water partition coefficient (Wildman–Crippen LogP) is 2.59. The molecule has 0 spiro atoms. The first kappa shape index (κ1) is 15.2. The van der Waals surface area contributed by atoms with Gasteiger partial charge >= 0.3 is 0 Å². The largest absolute Gasteiger partial charge is 0.368 e. The van der Waals surface area contributed by atoms with Gasteiger partial charge in [0.25, 0.3) is 0 Å². The van der Waals surface area contributed by atoms with Crippen molar-refractivity contribution in [1.29, 1.82) is 5.26 Å². The summed E-state index contributed by atoms with van der Waals surface area (Å²) in [6, 6.07) is 8.53. The number of benzene rings is 1. The lowest BCUT2D eigenvalue weighted by atomic mass is 10.0. The van der Waals surface area contributed by atoms with Crippen molar-refractivity contribution >= 4 is 11.6 Å². The van der Waals surface area contributed by atoms with E-state index in [0.717, 1.165) is 31.6 Å². The third kappa shape index (κ3) is 3.24. The molecule has 1 aliphatic rings. The zero-order valence-electron chi connectivity index (χ0n) is 13.0. The minimum absolute atomic E-state index is 0.253. The maximum Gasteiger partial charge on any atom is 0.225 e. The average Bonchev–Trinajstić information content (AvgIpc) is 2.61. The number of likely N-dealkylation sites (N-methyl/N-ethyl adjacent to an activating group) is 1. The molecule has 1 aliphatic heterocycles. The van der Waals surface area contributed by atoms with Gasteiger partial charge in [0.15, 0.2) is 0 Å². The summed E-state index contributed by atoms with van der Waals surface area (Å²) < 4.78 is 13.3. The second-order valence-electron chi connectivity index (χ2n) is 5.68. The molecule has 1 saturated heterocycles. The number of hydrogen-bond donors (Lipinski definition) is 0. The molecule has 1 aromatic heterocycles. The fourth-order valence-corrected chi connectivity index (χ4v) is 3.00. The van der Waals surface area contributed by atoms with Gasteiger partial charge in [-0.3, -0.25) is 0 Å². The predicted molar refractivity (Wildman–Crippen MR) is 86.8 cm³/mol. The first-order chi connectivity index (χ1) is 11.2. The monoisotopic (exact) mass is 311 g/mol. The normalized spacial score (nSPS) is 17.6. The highest BCUT2D eigenvalue weighted by molar-refractivity contribution is 5.60. The highest BCUT2D eigenvalue weighted by Gasteiger charge is 2.26.